The van der Waals surface area contributed by atoms with Crippen molar-refractivity contribution in [1.82, 2.24) is 4.90 Å². The highest BCUT2D eigenvalue weighted by Crippen LogP contribution is 2.22. The first-order chi connectivity index (χ1) is 12.1. The third-order valence-corrected chi connectivity index (χ3v) is 4.39. The van der Waals surface area contributed by atoms with Crippen LogP contribution in [0.25, 0.3) is 0 Å². The molecular weight excluding hydrogens is 312 g/mol. The molecule has 1 unspecified atom stereocenters. The van der Waals surface area contributed by atoms with E-state index in [1.165, 1.54) is 5.56 Å². The van der Waals surface area contributed by atoms with E-state index in [9.17, 15) is 4.79 Å². The molecule has 132 valence electrons. The molecule has 1 fully saturated rings. The van der Waals surface area contributed by atoms with Gasteiger partial charge in [-0.15, -0.1) is 0 Å². The van der Waals surface area contributed by atoms with Crippen LogP contribution in [0.15, 0.2) is 54.6 Å². The van der Waals surface area contributed by atoms with Gasteiger partial charge in [-0.3, -0.25) is 9.69 Å². The maximum Gasteiger partial charge on any atom is 0.241 e. The van der Waals surface area contributed by atoms with Gasteiger partial charge in [-0.05, 0) is 63.1 Å². The molecule has 25 heavy (non-hydrogen) atoms. The van der Waals surface area contributed by atoms with E-state index in [4.69, 9.17) is 4.74 Å². The van der Waals surface area contributed by atoms with Crippen molar-refractivity contribution >= 4 is 11.6 Å². The van der Waals surface area contributed by atoms with Crippen LogP contribution >= 0.6 is 0 Å². The fourth-order valence-corrected chi connectivity index (χ4v) is 3.24. The number of rotatable bonds is 6. The summed E-state index contributed by atoms with van der Waals surface area (Å²) in [6.07, 6.45) is 2.12. The zero-order chi connectivity index (χ0) is 17.6. The summed E-state index contributed by atoms with van der Waals surface area (Å²) >= 11 is 0. The molecule has 0 saturated carbocycles. The summed E-state index contributed by atoms with van der Waals surface area (Å²) in [5, 5.41) is 3.04. The second-order valence-corrected chi connectivity index (χ2v) is 6.79. The predicted molar refractivity (Wildman–Crippen MR) is 101 cm³/mol. The lowest BCUT2D eigenvalue weighted by Crippen LogP contribution is -2.39. The smallest absolute Gasteiger partial charge is 0.241 e. The number of likely N-dealkylation sites (tertiary alicyclic amines) is 1. The summed E-state index contributed by atoms with van der Waals surface area (Å²) < 4.78 is 5.64. The molecule has 1 aliphatic heterocycles. The Labute approximate surface area is 149 Å². The molecule has 2 aromatic carbocycles. The largest absolute Gasteiger partial charge is 0.491 e. The lowest BCUT2D eigenvalue weighted by atomic mass is 10.1. The number of nitrogens with one attached hydrogen (secondary N) is 1. The molecule has 0 radical (unpaired) electrons. The van der Waals surface area contributed by atoms with Crippen LogP contribution in [0, 0.1) is 0 Å². The second-order valence-electron chi connectivity index (χ2n) is 6.79. The quantitative estimate of drug-likeness (QED) is 0.863. The number of carbonyl (C=O) groups is 1. The Hall–Kier alpha value is -2.33. The Kier molecular flexibility index (Phi) is 5.71. The van der Waals surface area contributed by atoms with Gasteiger partial charge in [0.05, 0.1) is 12.1 Å². The van der Waals surface area contributed by atoms with Crippen LogP contribution in [0.5, 0.6) is 5.75 Å². The van der Waals surface area contributed by atoms with Gasteiger partial charge < -0.3 is 10.1 Å². The Morgan fingerprint density at radius 1 is 1.16 bits per heavy atom. The molecule has 1 atom stereocenters. The van der Waals surface area contributed by atoms with Crippen LogP contribution in [-0.4, -0.2) is 29.5 Å². The van der Waals surface area contributed by atoms with Gasteiger partial charge in [0.1, 0.15) is 5.75 Å². The van der Waals surface area contributed by atoms with Crippen LogP contribution in [0.2, 0.25) is 0 Å². The van der Waals surface area contributed by atoms with Crippen molar-refractivity contribution in [2.45, 2.75) is 45.4 Å². The molecule has 2 aromatic rings. The van der Waals surface area contributed by atoms with Crippen molar-refractivity contribution in [2.24, 2.45) is 0 Å². The molecule has 0 bridgehead atoms. The minimum Gasteiger partial charge on any atom is -0.491 e. The van der Waals surface area contributed by atoms with E-state index in [0.717, 1.165) is 37.4 Å². The van der Waals surface area contributed by atoms with E-state index in [0.29, 0.717) is 0 Å². The van der Waals surface area contributed by atoms with Crippen LogP contribution in [-0.2, 0) is 11.3 Å². The van der Waals surface area contributed by atoms with Crippen LogP contribution < -0.4 is 10.1 Å². The highest BCUT2D eigenvalue weighted by Gasteiger charge is 2.30. The minimum absolute atomic E-state index is 0.0632. The fraction of sp³-hybridized carbons (Fsp3) is 0.381. The number of carbonyl (C=O) groups excluding carboxylic acids is 1. The molecule has 1 amide bonds. The van der Waals surface area contributed by atoms with Crippen molar-refractivity contribution in [1.29, 1.82) is 0 Å². The molecule has 4 heteroatoms. The topological polar surface area (TPSA) is 41.6 Å². The number of hydrogen-bond acceptors (Lipinski definition) is 3. The van der Waals surface area contributed by atoms with Crippen LogP contribution in [0.1, 0.15) is 32.3 Å². The normalized spacial score (nSPS) is 17.6. The summed E-state index contributed by atoms with van der Waals surface area (Å²) in [5.74, 6) is 0.894. The first-order valence-electron chi connectivity index (χ1n) is 8.97. The van der Waals surface area contributed by atoms with Gasteiger partial charge in [0, 0.05) is 12.2 Å². The number of ether oxygens (including phenoxy) is 1. The Morgan fingerprint density at radius 2 is 1.88 bits per heavy atom. The molecule has 4 nitrogen and oxygen atoms in total. The number of hydrogen-bond donors (Lipinski definition) is 1. The Balaban J connectivity index is 1.60. The summed E-state index contributed by atoms with van der Waals surface area (Å²) in [7, 11) is 0. The standard InChI is InChI=1S/C21H26N2O2/c1-16(2)25-19-12-10-18(11-13-19)22-21(24)20-9-6-14-23(20)15-17-7-4-3-5-8-17/h3-5,7-8,10-13,16,20H,6,9,14-15H2,1-2H3,(H,22,24). The van der Waals surface area contributed by atoms with E-state index >= 15 is 0 Å². The SMILES string of the molecule is CC(C)Oc1ccc(NC(=O)C2CCCN2Cc2ccccc2)cc1. The van der Waals surface area contributed by atoms with Gasteiger partial charge in [-0.2, -0.15) is 0 Å². The van der Waals surface area contributed by atoms with Gasteiger partial charge >= 0.3 is 0 Å². The van der Waals surface area contributed by atoms with E-state index in [1.54, 1.807) is 0 Å². The van der Waals surface area contributed by atoms with Gasteiger partial charge in [0.2, 0.25) is 5.91 Å². The molecule has 0 aromatic heterocycles. The van der Waals surface area contributed by atoms with Gasteiger partial charge in [-0.25, -0.2) is 0 Å². The van der Waals surface area contributed by atoms with E-state index in [2.05, 4.69) is 22.3 Å². The third kappa shape index (κ3) is 4.83. The highest BCUT2D eigenvalue weighted by atomic mass is 16.5. The van der Waals surface area contributed by atoms with E-state index in [-0.39, 0.29) is 18.1 Å². The second kappa shape index (κ2) is 8.17. The van der Waals surface area contributed by atoms with Crippen molar-refractivity contribution < 1.29 is 9.53 Å². The number of amides is 1. The van der Waals surface area contributed by atoms with Crippen molar-refractivity contribution in [3.05, 3.63) is 60.2 Å². The molecule has 1 heterocycles. The van der Waals surface area contributed by atoms with Gasteiger partial charge in [-0.1, -0.05) is 30.3 Å². The molecule has 1 aliphatic rings. The lowest BCUT2D eigenvalue weighted by molar-refractivity contribution is -0.120. The van der Waals surface area contributed by atoms with E-state index < -0.39 is 0 Å². The zero-order valence-corrected chi connectivity index (χ0v) is 14.9. The van der Waals surface area contributed by atoms with Crippen molar-refractivity contribution in [3.63, 3.8) is 0 Å². The third-order valence-electron chi connectivity index (χ3n) is 4.39. The summed E-state index contributed by atoms with van der Waals surface area (Å²) in [6, 6.07) is 17.8. The first-order valence-corrected chi connectivity index (χ1v) is 8.97. The minimum atomic E-state index is -0.0632. The summed E-state index contributed by atoms with van der Waals surface area (Å²) in [6.45, 7) is 5.78. The number of benzene rings is 2. The molecule has 1 saturated heterocycles. The van der Waals surface area contributed by atoms with Crippen molar-refractivity contribution in [2.75, 3.05) is 11.9 Å². The lowest BCUT2D eigenvalue weighted by Gasteiger charge is -2.23. The zero-order valence-electron chi connectivity index (χ0n) is 14.9. The molecule has 0 spiro atoms. The van der Waals surface area contributed by atoms with Crippen LogP contribution in [0.4, 0.5) is 5.69 Å². The number of nitrogens with zero attached hydrogens (tertiary/aromatic N) is 1. The molecule has 3 rings (SSSR count). The monoisotopic (exact) mass is 338 g/mol. The maximum absolute atomic E-state index is 12.7. The molecule has 0 aliphatic carbocycles. The maximum atomic E-state index is 12.7. The Morgan fingerprint density at radius 3 is 2.56 bits per heavy atom. The van der Waals surface area contributed by atoms with Gasteiger partial charge in [0.25, 0.3) is 0 Å². The summed E-state index contributed by atoms with van der Waals surface area (Å²) in [4.78, 5) is 15.0. The molecule has 1 N–H and O–H groups in total. The van der Waals surface area contributed by atoms with E-state index in [1.807, 2.05) is 56.3 Å². The average molecular weight is 338 g/mol. The fourth-order valence-electron chi connectivity index (χ4n) is 3.24. The predicted octanol–water partition coefficient (Wildman–Crippen LogP) is 4.08. The Bertz CT molecular complexity index is 683. The number of anilines is 1. The van der Waals surface area contributed by atoms with Gasteiger partial charge in [0.15, 0.2) is 0 Å². The highest BCUT2D eigenvalue weighted by molar-refractivity contribution is 5.95. The summed E-state index contributed by atoms with van der Waals surface area (Å²) in [5.41, 5.74) is 2.06. The average Bonchev–Trinajstić information content (AvgIpc) is 3.05. The van der Waals surface area contributed by atoms with Crippen LogP contribution in [0.3, 0.4) is 0 Å². The molecular formula is C21H26N2O2. The van der Waals surface area contributed by atoms with Crippen molar-refractivity contribution in [3.8, 4) is 5.75 Å². The first kappa shape index (κ1) is 17.5.